The number of aliphatic hydroxyl groups excluding tert-OH is 1. The molecule has 0 radical (unpaired) electrons. The standard InChI is InChI=1S/C22H23BrN2O5/c1-4-29-19(26)12-11-18-21(25-17-10-9-16(23)13(2)20(17)24-18)30-15-7-5-14(6-8-15)22(27)28-3/h5-10,19,26H,4,11-12H2,1-3H3. The monoisotopic (exact) mass is 474 g/mol. The summed E-state index contributed by atoms with van der Waals surface area (Å²) >= 11 is 3.52. The van der Waals surface area contributed by atoms with Gasteiger partial charge in [-0.15, -0.1) is 0 Å². The van der Waals surface area contributed by atoms with Crippen molar-refractivity contribution in [2.45, 2.75) is 33.0 Å². The molecule has 0 amide bonds. The highest BCUT2D eigenvalue weighted by Crippen LogP contribution is 2.30. The lowest BCUT2D eigenvalue weighted by Crippen LogP contribution is -2.13. The second kappa shape index (κ2) is 9.97. The number of aromatic nitrogens is 2. The van der Waals surface area contributed by atoms with E-state index in [-0.39, 0.29) is 0 Å². The van der Waals surface area contributed by atoms with E-state index in [9.17, 15) is 9.90 Å². The van der Waals surface area contributed by atoms with Gasteiger partial charge in [0.05, 0.1) is 23.7 Å². The summed E-state index contributed by atoms with van der Waals surface area (Å²) in [7, 11) is 1.33. The number of ether oxygens (including phenoxy) is 3. The van der Waals surface area contributed by atoms with Crippen molar-refractivity contribution in [3.05, 3.63) is 57.7 Å². The lowest BCUT2D eigenvalue weighted by molar-refractivity contribution is -0.0981. The van der Waals surface area contributed by atoms with Gasteiger partial charge in [-0.2, -0.15) is 0 Å². The maximum atomic E-state index is 11.6. The van der Waals surface area contributed by atoms with Gasteiger partial charge >= 0.3 is 5.97 Å². The minimum absolute atomic E-state index is 0.346. The van der Waals surface area contributed by atoms with Crippen molar-refractivity contribution in [1.29, 1.82) is 0 Å². The molecule has 158 valence electrons. The van der Waals surface area contributed by atoms with Crippen LogP contribution in [0.2, 0.25) is 0 Å². The first-order valence-corrected chi connectivity index (χ1v) is 10.3. The SMILES string of the molecule is CCOC(O)CCc1nc2c(C)c(Br)ccc2nc1Oc1ccc(C(=O)OC)cc1. The predicted molar refractivity (Wildman–Crippen MR) is 116 cm³/mol. The molecule has 0 spiro atoms. The zero-order chi connectivity index (χ0) is 21.7. The fourth-order valence-corrected chi connectivity index (χ4v) is 3.24. The maximum Gasteiger partial charge on any atom is 0.337 e. The lowest BCUT2D eigenvalue weighted by Gasteiger charge is -2.14. The Morgan fingerprint density at radius 3 is 2.57 bits per heavy atom. The first-order chi connectivity index (χ1) is 14.4. The van der Waals surface area contributed by atoms with Crippen LogP contribution in [0.3, 0.4) is 0 Å². The van der Waals surface area contributed by atoms with Crippen molar-refractivity contribution in [1.82, 2.24) is 9.97 Å². The Morgan fingerprint density at radius 2 is 1.90 bits per heavy atom. The summed E-state index contributed by atoms with van der Waals surface area (Å²) in [5, 5.41) is 9.95. The van der Waals surface area contributed by atoms with Crippen molar-refractivity contribution in [2.75, 3.05) is 13.7 Å². The van der Waals surface area contributed by atoms with Crippen molar-refractivity contribution in [3.8, 4) is 11.6 Å². The molecule has 3 aromatic rings. The van der Waals surface area contributed by atoms with Gasteiger partial charge < -0.3 is 19.3 Å². The number of rotatable bonds is 8. The second-order valence-corrected chi connectivity index (χ2v) is 7.44. The molecule has 1 heterocycles. The molecular formula is C22H23BrN2O5. The van der Waals surface area contributed by atoms with Gasteiger partial charge in [0.2, 0.25) is 5.88 Å². The van der Waals surface area contributed by atoms with Crippen molar-refractivity contribution < 1.29 is 24.1 Å². The fourth-order valence-electron chi connectivity index (χ4n) is 2.92. The van der Waals surface area contributed by atoms with Crippen LogP contribution in [-0.2, 0) is 15.9 Å². The number of carbonyl (C=O) groups excluding carboxylic acids is 1. The number of aryl methyl sites for hydroxylation is 2. The molecule has 1 aromatic heterocycles. The third-order valence-electron chi connectivity index (χ3n) is 4.54. The number of esters is 1. The van der Waals surface area contributed by atoms with Crippen LogP contribution < -0.4 is 4.74 Å². The number of aliphatic hydroxyl groups is 1. The lowest BCUT2D eigenvalue weighted by atomic mass is 10.1. The highest BCUT2D eigenvalue weighted by molar-refractivity contribution is 9.10. The fraction of sp³-hybridized carbons (Fsp3) is 0.318. The van der Waals surface area contributed by atoms with Crippen LogP contribution in [0.5, 0.6) is 11.6 Å². The van der Waals surface area contributed by atoms with E-state index in [4.69, 9.17) is 19.2 Å². The first-order valence-electron chi connectivity index (χ1n) is 9.54. The van der Waals surface area contributed by atoms with Crippen molar-refractivity contribution in [3.63, 3.8) is 0 Å². The van der Waals surface area contributed by atoms with Gasteiger partial charge in [-0.05, 0) is 62.2 Å². The Morgan fingerprint density at radius 1 is 1.17 bits per heavy atom. The van der Waals surface area contributed by atoms with Crippen LogP contribution in [0, 0.1) is 6.92 Å². The Bertz CT molecular complexity index is 1040. The van der Waals surface area contributed by atoms with Crippen LogP contribution in [-0.4, -0.2) is 41.1 Å². The number of fused-ring (bicyclic) bond motifs is 1. The molecule has 1 unspecified atom stereocenters. The molecule has 30 heavy (non-hydrogen) atoms. The topological polar surface area (TPSA) is 90.8 Å². The van der Waals surface area contributed by atoms with Crippen LogP contribution in [0.15, 0.2) is 40.9 Å². The van der Waals surface area contributed by atoms with E-state index in [2.05, 4.69) is 20.9 Å². The molecule has 0 saturated carbocycles. The van der Waals surface area contributed by atoms with E-state index in [0.717, 1.165) is 15.6 Å². The smallest absolute Gasteiger partial charge is 0.337 e. The zero-order valence-corrected chi connectivity index (χ0v) is 18.6. The van der Waals surface area contributed by atoms with Crippen LogP contribution >= 0.6 is 15.9 Å². The van der Waals surface area contributed by atoms with Gasteiger partial charge in [0.25, 0.3) is 0 Å². The Balaban J connectivity index is 1.95. The summed E-state index contributed by atoms with van der Waals surface area (Å²) in [5.74, 6) is 0.439. The molecule has 8 heteroatoms. The molecule has 3 rings (SSSR count). The van der Waals surface area contributed by atoms with E-state index in [0.29, 0.717) is 47.9 Å². The molecule has 0 aliphatic heterocycles. The molecule has 2 aromatic carbocycles. The number of hydrogen-bond acceptors (Lipinski definition) is 7. The molecule has 0 bridgehead atoms. The molecule has 0 fully saturated rings. The van der Waals surface area contributed by atoms with Gasteiger partial charge in [0.1, 0.15) is 11.4 Å². The summed E-state index contributed by atoms with van der Waals surface area (Å²) in [5.41, 5.74) is 3.47. The number of hydrogen-bond donors (Lipinski definition) is 1. The average Bonchev–Trinajstić information content (AvgIpc) is 2.75. The van der Waals surface area contributed by atoms with Gasteiger partial charge in [0, 0.05) is 17.5 Å². The van der Waals surface area contributed by atoms with Gasteiger partial charge in [-0.25, -0.2) is 14.8 Å². The van der Waals surface area contributed by atoms with Gasteiger partial charge in [-0.3, -0.25) is 0 Å². The summed E-state index contributed by atoms with van der Waals surface area (Å²) in [6, 6.07) is 10.4. The summed E-state index contributed by atoms with van der Waals surface area (Å²) < 4.78 is 16.9. The third-order valence-corrected chi connectivity index (χ3v) is 5.40. The second-order valence-electron chi connectivity index (χ2n) is 6.58. The maximum absolute atomic E-state index is 11.6. The molecule has 1 N–H and O–H groups in total. The van der Waals surface area contributed by atoms with E-state index in [1.807, 2.05) is 26.0 Å². The Kier molecular flexibility index (Phi) is 7.36. The van der Waals surface area contributed by atoms with Gasteiger partial charge in [-0.1, -0.05) is 15.9 Å². The highest BCUT2D eigenvalue weighted by atomic mass is 79.9. The molecule has 0 aliphatic carbocycles. The molecular weight excluding hydrogens is 452 g/mol. The van der Waals surface area contributed by atoms with Crippen molar-refractivity contribution >= 4 is 32.9 Å². The van der Waals surface area contributed by atoms with Crippen LogP contribution in [0.4, 0.5) is 0 Å². The van der Waals surface area contributed by atoms with Crippen LogP contribution in [0.1, 0.15) is 35.0 Å². The number of carbonyl (C=O) groups is 1. The third kappa shape index (κ3) is 5.13. The normalized spacial score (nSPS) is 12.0. The zero-order valence-electron chi connectivity index (χ0n) is 17.0. The minimum atomic E-state index is -0.886. The number of halogens is 1. The largest absolute Gasteiger partial charge is 0.465 e. The summed E-state index contributed by atoms with van der Waals surface area (Å²) in [6.07, 6.45) is -0.104. The minimum Gasteiger partial charge on any atom is -0.465 e. The van der Waals surface area contributed by atoms with E-state index >= 15 is 0 Å². The number of benzene rings is 2. The molecule has 0 aliphatic rings. The van der Waals surface area contributed by atoms with Gasteiger partial charge in [0.15, 0.2) is 6.29 Å². The molecule has 0 saturated heterocycles. The summed E-state index contributed by atoms with van der Waals surface area (Å²) in [6.45, 7) is 4.21. The number of methoxy groups -OCH3 is 1. The molecule has 1 atom stereocenters. The highest BCUT2D eigenvalue weighted by Gasteiger charge is 2.16. The molecule has 7 nitrogen and oxygen atoms in total. The van der Waals surface area contributed by atoms with E-state index in [1.54, 1.807) is 24.3 Å². The summed E-state index contributed by atoms with van der Waals surface area (Å²) in [4.78, 5) is 21.0. The van der Waals surface area contributed by atoms with E-state index in [1.165, 1.54) is 7.11 Å². The quantitative estimate of drug-likeness (QED) is 0.377. The van der Waals surface area contributed by atoms with Crippen molar-refractivity contribution in [2.24, 2.45) is 0 Å². The Hall–Kier alpha value is -2.55. The Labute approximate surface area is 183 Å². The first kappa shape index (κ1) is 22.1. The van der Waals surface area contributed by atoms with E-state index < -0.39 is 12.3 Å². The average molecular weight is 475 g/mol. The number of nitrogens with zero attached hydrogens (tertiary/aromatic N) is 2. The van der Waals surface area contributed by atoms with Crippen LogP contribution in [0.25, 0.3) is 11.0 Å². The predicted octanol–water partition coefficient (Wildman–Crippen LogP) is 4.57.